The second-order valence-electron chi connectivity index (χ2n) is 6.05. The second-order valence-corrected chi connectivity index (χ2v) is 7.34. The molecule has 1 aromatic carbocycles. The largest absolute Gasteiger partial charge is 0.357 e. The number of aromatic nitrogens is 1. The molecule has 2 unspecified atom stereocenters. The third-order valence-corrected chi connectivity index (χ3v) is 5.20. The van der Waals surface area contributed by atoms with Gasteiger partial charge in [0, 0.05) is 23.4 Å². The number of halogens is 1. The Hall–Kier alpha value is -1.95. The maximum absolute atomic E-state index is 13.9. The zero-order valence-corrected chi connectivity index (χ0v) is 15.1. The Kier molecular flexibility index (Phi) is 5.14. The van der Waals surface area contributed by atoms with Gasteiger partial charge in [-0.3, -0.25) is 0 Å². The molecule has 1 fully saturated rings. The number of thiazole rings is 1. The maximum Gasteiger partial charge on any atom is 0.191 e. The molecule has 3 rings (SSSR count). The van der Waals surface area contributed by atoms with E-state index in [-0.39, 0.29) is 17.8 Å². The summed E-state index contributed by atoms with van der Waals surface area (Å²) in [4.78, 5) is 10.3. The Balaban J connectivity index is 1.64. The lowest BCUT2D eigenvalue weighted by Crippen LogP contribution is -2.39. The van der Waals surface area contributed by atoms with E-state index in [1.807, 2.05) is 32.9 Å². The van der Waals surface area contributed by atoms with Gasteiger partial charge < -0.3 is 10.6 Å². The molecule has 1 aromatic heterocycles. The fourth-order valence-corrected chi connectivity index (χ4v) is 3.70. The molecule has 128 valence electrons. The Bertz CT molecular complexity index is 740. The molecule has 2 atom stereocenters. The first-order valence-electron chi connectivity index (χ1n) is 8.30. The van der Waals surface area contributed by atoms with Gasteiger partial charge in [-0.25, -0.2) is 14.4 Å². The second kappa shape index (κ2) is 7.30. The van der Waals surface area contributed by atoms with Gasteiger partial charge in [-0.05, 0) is 38.8 Å². The normalized spacial score (nSPS) is 20.1. The summed E-state index contributed by atoms with van der Waals surface area (Å²) in [6.07, 6.45) is 0.935. The number of benzene rings is 1. The third-order valence-electron chi connectivity index (χ3n) is 4.14. The van der Waals surface area contributed by atoms with Gasteiger partial charge in [0.25, 0.3) is 0 Å². The number of nitrogens with one attached hydrogen (secondary N) is 2. The average molecular weight is 346 g/mol. The standard InChI is InChI=1S/C18H23FN4S/c1-4-20-18(21-10-17-11(2)22-12(3)24-17)23-16-9-14(16)13-7-5-6-8-15(13)19/h5-8,14,16H,4,9-10H2,1-3H3,(H2,20,21,23). The lowest BCUT2D eigenvalue weighted by atomic mass is 10.1. The fraction of sp³-hybridized carbons (Fsp3) is 0.444. The molecule has 2 aromatic rings. The Labute approximate surface area is 146 Å². The van der Waals surface area contributed by atoms with Crippen LogP contribution in [0.2, 0.25) is 0 Å². The molecule has 24 heavy (non-hydrogen) atoms. The predicted molar refractivity (Wildman–Crippen MR) is 97.1 cm³/mol. The van der Waals surface area contributed by atoms with Crippen LogP contribution in [0.4, 0.5) is 4.39 Å². The van der Waals surface area contributed by atoms with Gasteiger partial charge in [0.1, 0.15) is 5.82 Å². The van der Waals surface area contributed by atoms with Crippen LogP contribution in [0.15, 0.2) is 29.3 Å². The van der Waals surface area contributed by atoms with E-state index in [1.54, 1.807) is 17.4 Å². The zero-order chi connectivity index (χ0) is 17.1. The minimum atomic E-state index is -0.121. The SMILES string of the molecule is CCNC(=NCc1sc(C)nc1C)NC1CC1c1ccccc1F. The van der Waals surface area contributed by atoms with Crippen LogP contribution in [-0.2, 0) is 6.54 Å². The van der Waals surface area contributed by atoms with E-state index < -0.39 is 0 Å². The van der Waals surface area contributed by atoms with Crippen molar-refractivity contribution in [2.24, 2.45) is 4.99 Å². The van der Waals surface area contributed by atoms with Crippen LogP contribution in [0.3, 0.4) is 0 Å². The molecule has 0 amide bonds. The van der Waals surface area contributed by atoms with Gasteiger partial charge in [0.05, 0.1) is 17.2 Å². The first-order chi connectivity index (χ1) is 11.6. The smallest absolute Gasteiger partial charge is 0.191 e. The molecular weight excluding hydrogens is 323 g/mol. The molecule has 1 saturated carbocycles. The van der Waals surface area contributed by atoms with Crippen molar-refractivity contribution in [3.05, 3.63) is 51.2 Å². The Morgan fingerprint density at radius 2 is 2.17 bits per heavy atom. The van der Waals surface area contributed by atoms with Crippen molar-refractivity contribution < 1.29 is 4.39 Å². The minimum absolute atomic E-state index is 0.121. The monoisotopic (exact) mass is 346 g/mol. The summed E-state index contributed by atoms with van der Waals surface area (Å²) in [5.74, 6) is 0.888. The van der Waals surface area contributed by atoms with Crippen molar-refractivity contribution in [3.63, 3.8) is 0 Å². The first kappa shape index (κ1) is 16.9. The molecule has 4 nitrogen and oxygen atoms in total. The molecule has 0 radical (unpaired) electrons. The summed E-state index contributed by atoms with van der Waals surface area (Å²) in [6.45, 7) is 7.48. The van der Waals surface area contributed by atoms with E-state index in [4.69, 9.17) is 0 Å². The molecule has 1 aliphatic rings. The molecule has 2 N–H and O–H groups in total. The molecule has 0 aliphatic heterocycles. The highest BCUT2D eigenvalue weighted by molar-refractivity contribution is 7.11. The summed E-state index contributed by atoms with van der Waals surface area (Å²) >= 11 is 1.68. The highest BCUT2D eigenvalue weighted by atomic mass is 32.1. The van der Waals surface area contributed by atoms with Crippen LogP contribution < -0.4 is 10.6 Å². The van der Waals surface area contributed by atoms with Gasteiger partial charge in [0.2, 0.25) is 0 Å². The number of hydrogen-bond donors (Lipinski definition) is 2. The number of rotatable bonds is 5. The Morgan fingerprint density at radius 3 is 2.83 bits per heavy atom. The minimum Gasteiger partial charge on any atom is -0.357 e. The summed E-state index contributed by atoms with van der Waals surface area (Å²) in [5.41, 5.74) is 1.84. The van der Waals surface area contributed by atoms with E-state index in [1.165, 1.54) is 10.9 Å². The van der Waals surface area contributed by atoms with Crippen molar-refractivity contribution in [1.82, 2.24) is 15.6 Å². The predicted octanol–water partition coefficient (Wildman–Crippen LogP) is 3.51. The highest BCUT2D eigenvalue weighted by Crippen LogP contribution is 2.41. The van der Waals surface area contributed by atoms with E-state index >= 15 is 0 Å². The third kappa shape index (κ3) is 3.93. The van der Waals surface area contributed by atoms with E-state index in [0.29, 0.717) is 6.54 Å². The molecule has 1 aliphatic carbocycles. The number of guanidine groups is 1. The maximum atomic E-state index is 13.9. The van der Waals surface area contributed by atoms with Crippen molar-refractivity contribution in [3.8, 4) is 0 Å². The van der Waals surface area contributed by atoms with Gasteiger partial charge in [-0.1, -0.05) is 18.2 Å². The quantitative estimate of drug-likeness (QED) is 0.643. The summed E-state index contributed by atoms with van der Waals surface area (Å²) < 4.78 is 13.9. The molecule has 0 spiro atoms. The fourth-order valence-electron chi connectivity index (χ4n) is 2.84. The van der Waals surface area contributed by atoms with E-state index in [0.717, 1.165) is 35.2 Å². The van der Waals surface area contributed by atoms with E-state index in [9.17, 15) is 4.39 Å². The van der Waals surface area contributed by atoms with Crippen LogP contribution in [0.1, 0.15) is 40.4 Å². The summed E-state index contributed by atoms with van der Waals surface area (Å²) in [5, 5.41) is 7.75. The zero-order valence-electron chi connectivity index (χ0n) is 14.3. The molecule has 1 heterocycles. The van der Waals surface area contributed by atoms with Gasteiger partial charge >= 0.3 is 0 Å². The lowest BCUT2D eigenvalue weighted by Gasteiger charge is -2.11. The number of nitrogens with zero attached hydrogens (tertiary/aromatic N) is 2. The van der Waals surface area contributed by atoms with Crippen molar-refractivity contribution in [2.45, 2.75) is 45.7 Å². The van der Waals surface area contributed by atoms with Gasteiger partial charge in [-0.2, -0.15) is 0 Å². The van der Waals surface area contributed by atoms with Crippen molar-refractivity contribution >= 4 is 17.3 Å². The van der Waals surface area contributed by atoms with Crippen LogP contribution in [0, 0.1) is 19.7 Å². The average Bonchev–Trinajstić information content (AvgIpc) is 3.22. The van der Waals surface area contributed by atoms with Crippen molar-refractivity contribution in [2.75, 3.05) is 6.54 Å². The van der Waals surface area contributed by atoms with Gasteiger partial charge in [-0.15, -0.1) is 11.3 Å². The lowest BCUT2D eigenvalue weighted by molar-refractivity contribution is 0.607. The molecular formula is C18H23FN4S. The number of aryl methyl sites for hydroxylation is 2. The summed E-state index contributed by atoms with van der Waals surface area (Å²) in [6, 6.07) is 7.26. The van der Waals surface area contributed by atoms with Gasteiger partial charge in [0.15, 0.2) is 5.96 Å². The van der Waals surface area contributed by atoms with Crippen LogP contribution in [0.5, 0.6) is 0 Å². The van der Waals surface area contributed by atoms with Crippen LogP contribution >= 0.6 is 11.3 Å². The number of aliphatic imine (C=N–C) groups is 1. The van der Waals surface area contributed by atoms with E-state index in [2.05, 4.69) is 20.6 Å². The van der Waals surface area contributed by atoms with Crippen LogP contribution in [-0.4, -0.2) is 23.5 Å². The molecule has 6 heteroatoms. The number of hydrogen-bond acceptors (Lipinski definition) is 3. The first-order valence-corrected chi connectivity index (χ1v) is 9.12. The summed E-state index contributed by atoms with van der Waals surface area (Å²) in [7, 11) is 0. The highest BCUT2D eigenvalue weighted by Gasteiger charge is 2.40. The van der Waals surface area contributed by atoms with Crippen LogP contribution in [0.25, 0.3) is 0 Å². The Morgan fingerprint density at radius 1 is 1.38 bits per heavy atom. The van der Waals surface area contributed by atoms with Crippen molar-refractivity contribution in [1.29, 1.82) is 0 Å². The molecule has 0 saturated heterocycles. The topological polar surface area (TPSA) is 49.3 Å². The molecule has 0 bridgehead atoms.